The summed E-state index contributed by atoms with van der Waals surface area (Å²) in [5, 5.41) is 10.1. The maximum absolute atomic E-state index is 11.3. The number of hydrogen-bond donors (Lipinski definition) is 1. The predicted molar refractivity (Wildman–Crippen MR) is 77.4 cm³/mol. The number of rotatable bonds is 4. The van der Waals surface area contributed by atoms with Crippen molar-refractivity contribution in [3.05, 3.63) is 0 Å². The lowest BCUT2D eigenvalue weighted by Crippen LogP contribution is -2.50. The number of cyclic esters (lactones) is 1. The first-order valence-corrected chi connectivity index (χ1v) is 9.92. The fourth-order valence-electron chi connectivity index (χ4n) is 1.95. The molecule has 1 N–H and O–H groups in total. The molecule has 0 aromatic carbocycles. The summed E-state index contributed by atoms with van der Waals surface area (Å²) in [5.41, 5.74) is 0. The van der Waals surface area contributed by atoms with Crippen molar-refractivity contribution in [1.82, 2.24) is 0 Å². The van der Waals surface area contributed by atoms with Crippen molar-refractivity contribution in [3.63, 3.8) is 0 Å². The fourth-order valence-corrected chi connectivity index (χ4v) is 3.39. The highest BCUT2D eigenvalue weighted by Crippen LogP contribution is 2.39. The van der Waals surface area contributed by atoms with E-state index < -0.39 is 20.5 Å². The van der Waals surface area contributed by atoms with Gasteiger partial charge in [-0.15, -0.1) is 0 Å². The molecule has 1 aliphatic rings. The van der Waals surface area contributed by atoms with E-state index in [1.165, 1.54) is 0 Å². The average molecular weight is 288 g/mol. The molecule has 0 saturated carbocycles. The summed E-state index contributed by atoms with van der Waals surface area (Å²) in [5.74, 6) is -0.137. The van der Waals surface area contributed by atoms with Crippen molar-refractivity contribution in [2.45, 2.75) is 77.5 Å². The normalized spacial score (nSPS) is 26.7. The van der Waals surface area contributed by atoms with E-state index in [-0.39, 0.29) is 29.5 Å². The Bertz CT molecular complexity index is 333. The molecule has 112 valence electrons. The molecule has 19 heavy (non-hydrogen) atoms. The van der Waals surface area contributed by atoms with Crippen LogP contribution < -0.4 is 0 Å². The Morgan fingerprint density at radius 2 is 1.89 bits per heavy atom. The molecule has 3 atom stereocenters. The Balaban J connectivity index is 2.88. The second-order valence-electron chi connectivity index (χ2n) is 7.31. The van der Waals surface area contributed by atoms with Crippen molar-refractivity contribution >= 4 is 14.3 Å². The predicted octanol–water partition coefficient (Wildman–Crippen LogP) is 2.71. The van der Waals surface area contributed by atoms with Crippen LogP contribution in [0.15, 0.2) is 0 Å². The van der Waals surface area contributed by atoms with Crippen molar-refractivity contribution < 1.29 is 19.1 Å². The van der Waals surface area contributed by atoms with Crippen LogP contribution in [0, 0.1) is 5.92 Å². The number of aliphatic hydroxyl groups excluding tert-OH is 1. The van der Waals surface area contributed by atoms with Crippen molar-refractivity contribution in [2.75, 3.05) is 0 Å². The number of ether oxygens (including phenoxy) is 1. The minimum absolute atomic E-state index is 0.0781. The lowest BCUT2D eigenvalue weighted by molar-refractivity contribution is -0.147. The van der Waals surface area contributed by atoms with E-state index in [9.17, 15) is 9.90 Å². The first-order chi connectivity index (χ1) is 8.45. The third-order valence-corrected chi connectivity index (χ3v) is 8.71. The van der Waals surface area contributed by atoms with E-state index in [2.05, 4.69) is 33.9 Å². The third kappa shape index (κ3) is 3.80. The molecule has 0 aromatic rings. The van der Waals surface area contributed by atoms with Gasteiger partial charge in [0.05, 0.1) is 12.5 Å². The molecular formula is C14H28O4Si. The Morgan fingerprint density at radius 1 is 1.37 bits per heavy atom. The van der Waals surface area contributed by atoms with Crippen LogP contribution in [-0.4, -0.2) is 37.7 Å². The van der Waals surface area contributed by atoms with Crippen molar-refractivity contribution in [3.8, 4) is 0 Å². The first-order valence-electron chi connectivity index (χ1n) is 7.01. The Kier molecular flexibility index (Phi) is 4.86. The van der Waals surface area contributed by atoms with Crippen LogP contribution in [0.3, 0.4) is 0 Å². The van der Waals surface area contributed by atoms with Gasteiger partial charge in [0.25, 0.3) is 0 Å². The van der Waals surface area contributed by atoms with E-state index in [4.69, 9.17) is 9.16 Å². The van der Waals surface area contributed by atoms with Crippen LogP contribution >= 0.6 is 0 Å². The minimum atomic E-state index is -1.95. The molecule has 1 aliphatic heterocycles. The van der Waals surface area contributed by atoms with E-state index in [0.717, 1.165) is 0 Å². The molecule has 4 nitrogen and oxygen atoms in total. The van der Waals surface area contributed by atoms with Crippen LogP contribution in [0.4, 0.5) is 0 Å². The number of carbonyl (C=O) groups is 1. The number of hydrogen-bond acceptors (Lipinski definition) is 4. The summed E-state index contributed by atoms with van der Waals surface area (Å²) in [6, 6.07) is 0. The van der Waals surface area contributed by atoms with Gasteiger partial charge >= 0.3 is 5.97 Å². The van der Waals surface area contributed by atoms with Gasteiger partial charge in [0, 0.05) is 0 Å². The quantitative estimate of drug-likeness (QED) is 0.638. The van der Waals surface area contributed by atoms with Gasteiger partial charge in [-0.3, -0.25) is 4.79 Å². The van der Waals surface area contributed by atoms with Crippen LogP contribution in [0.1, 0.15) is 41.0 Å². The fraction of sp³-hybridized carbons (Fsp3) is 0.929. The smallest absolute Gasteiger partial charge is 0.309 e. The van der Waals surface area contributed by atoms with E-state index in [0.29, 0.717) is 0 Å². The standard InChI is InChI=1S/C14H28O4Si/c1-9(2)12(13-10(15)8-11(16)17-13)18-19(6,7)14(3,4)5/h9-10,12-13,15H,8H2,1-7H3/t10-,12+,13+/m1/s1. The zero-order valence-electron chi connectivity index (χ0n) is 13.2. The maximum atomic E-state index is 11.3. The second-order valence-corrected chi connectivity index (χ2v) is 12.1. The van der Waals surface area contributed by atoms with E-state index in [1.54, 1.807) is 0 Å². The molecule has 0 radical (unpaired) electrons. The maximum Gasteiger partial charge on any atom is 0.309 e. The Morgan fingerprint density at radius 3 is 2.21 bits per heavy atom. The van der Waals surface area contributed by atoms with Gasteiger partial charge in [0.1, 0.15) is 6.10 Å². The van der Waals surface area contributed by atoms with Crippen molar-refractivity contribution in [2.24, 2.45) is 5.92 Å². The monoisotopic (exact) mass is 288 g/mol. The summed E-state index contributed by atoms with van der Waals surface area (Å²) in [6.45, 7) is 14.9. The Labute approximate surface area is 117 Å². The summed E-state index contributed by atoms with van der Waals surface area (Å²) in [6.07, 6.45) is -1.43. The highest BCUT2D eigenvalue weighted by atomic mass is 28.4. The highest BCUT2D eigenvalue weighted by molar-refractivity contribution is 6.74. The van der Waals surface area contributed by atoms with Crippen LogP contribution in [0.5, 0.6) is 0 Å². The van der Waals surface area contributed by atoms with Crippen molar-refractivity contribution in [1.29, 1.82) is 0 Å². The van der Waals surface area contributed by atoms with Crippen LogP contribution in [0.2, 0.25) is 18.1 Å². The molecule has 1 heterocycles. The van der Waals surface area contributed by atoms with Crippen LogP contribution in [0.25, 0.3) is 0 Å². The molecule has 5 heteroatoms. The van der Waals surface area contributed by atoms with Gasteiger partial charge < -0.3 is 14.3 Å². The molecule has 0 bridgehead atoms. The molecule has 1 saturated heterocycles. The van der Waals surface area contributed by atoms with E-state index in [1.807, 2.05) is 13.8 Å². The lowest BCUT2D eigenvalue weighted by Gasteiger charge is -2.42. The zero-order valence-corrected chi connectivity index (χ0v) is 14.2. The van der Waals surface area contributed by atoms with Gasteiger partial charge in [0.2, 0.25) is 0 Å². The molecule has 0 amide bonds. The average Bonchev–Trinajstić information content (AvgIpc) is 2.52. The zero-order chi connectivity index (χ0) is 15.0. The highest BCUT2D eigenvalue weighted by Gasteiger charge is 2.46. The van der Waals surface area contributed by atoms with E-state index >= 15 is 0 Å². The van der Waals surface area contributed by atoms with Gasteiger partial charge in [0.15, 0.2) is 14.4 Å². The van der Waals surface area contributed by atoms with Gasteiger partial charge in [-0.2, -0.15) is 0 Å². The summed E-state index contributed by atoms with van der Waals surface area (Å²) < 4.78 is 11.6. The number of aliphatic hydroxyl groups is 1. The lowest BCUT2D eigenvalue weighted by atomic mass is 9.98. The largest absolute Gasteiger partial charge is 0.457 e. The molecular weight excluding hydrogens is 260 g/mol. The van der Waals surface area contributed by atoms with Gasteiger partial charge in [-0.25, -0.2) is 0 Å². The third-order valence-electron chi connectivity index (χ3n) is 4.24. The first kappa shape index (κ1) is 16.7. The SMILES string of the molecule is CC(C)[C@H](O[Si](C)(C)C(C)(C)C)[C@H]1OC(=O)C[C@H]1O. The topological polar surface area (TPSA) is 55.8 Å². The summed E-state index contributed by atoms with van der Waals surface area (Å²) >= 11 is 0. The molecule has 1 fully saturated rings. The number of esters is 1. The second kappa shape index (κ2) is 5.54. The molecule has 0 aromatic heterocycles. The molecule has 1 rings (SSSR count). The van der Waals surface area contributed by atoms with Gasteiger partial charge in [-0.05, 0) is 24.1 Å². The minimum Gasteiger partial charge on any atom is -0.457 e. The van der Waals surface area contributed by atoms with Crippen LogP contribution in [-0.2, 0) is 14.0 Å². The van der Waals surface area contributed by atoms with Gasteiger partial charge in [-0.1, -0.05) is 34.6 Å². The molecule has 0 unspecified atom stereocenters. The summed E-state index contributed by atoms with van der Waals surface area (Å²) in [4.78, 5) is 11.3. The Hall–Kier alpha value is -0.393. The summed E-state index contributed by atoms with van der Waals surface area (Å²) in [7, 11) is -1.95. The number of carbonyl (C=O) groups excluding carboxylic acids is 1. The molecule has 0 spiro atoms. The molecule has 0 aliphatic carbocycles.